The molecule has 1 aliphatic heterocycles. The van der Waals surface area contributed by atoms with Crippen LogP contribution in [0.4, 0.5) is 5.69 Å². The van der Waals surface area contributed by atoms with Crippen molar-refractivity contribution in [2.75, 3.05) is 4.90 Å². The van der Waals surface area contributed by atoms with Crippen LogP contribution in [0.5, 0.6) is 0 Å². The highest BCUT2D eigenvalue weighted by atomic mass is 35.5. The Kier molecular flexibility index (Phi) is 2.66. The number of carbonyl (C=O) groups excluding carboxylic acids is 2. The number of fused-ring (bicyclic) bond motifs is 1. The van der Waals surface area contributed by atoms with Crippen LogP contribution >= 0.6 is 34.5 Å². The normalized spacial score (nSPS) is 15.1. The molecule has 2 amide bonds. The molecule has 2 aromatic rings. The lowest BCUT2D eigenvalue weighted by molar-refractivity contribution is -0.119. The minimum Gasteiger partial charge on any atom is -0.269 e. The Balaban J connectivity index is 2.28. The third kappa shape index (κ3) is 1.65. The molecule has 0 fully saturated rings. The van der Waals surface area contributed by atoms with Crippen LogP contribution in [0, 0.1) is 0 Å². The number of thiophene rings is 1. The van der Waals surface area contributed by atoms with Crippen molar-refractivity contribution in [1.82, 2.24) is 0 Å². The maximum absolute atomic E-state index is 11.7. The number of anilines is 1. The quantitative estimate of drug-likeness (QED) is 0.754. The summed E-state index contributed by atoms with van der Waals surface area (Å²) < 4.78 is 1.28. The highest BCUT2D eigenvalue weighted by molar-refractivity contribution is 7.23. The molecule has 0 atom stereocenters. The fraction of sp³-hybridized carbons (Fsp3) is 0. The van der Waals surface area contributed by atoms with Crippen molar-refractivity contribution in [3.8, 4) is 0 Å². The summed E-state index contributed by atoms with van der Waals surface area (Å²) in [4.78, 5) is 24.5. The van der Waals surface area contributed by atoms with Crippen molar-refractivity contribution in [2.24, 2.45) is 0 Å². The lowest BCUT2D eigenvalue weighted by Crippen LogP contribution is -2.29. The molecule has 18 heavy (non-hydrogen) atoms. The predicted octanol–water partition coefficient (Wildman–Crippen LogP) is 3.64. The fourth-order valence-electron chi connectivity index (χ4n) is 1.86. The molecule has 1 aromatic heterocycles. The zero-order valence-corrected chi connectivity index (χ0v) is 11.1. The van der Waals surface area contributed by atoms with Crippen molar-refractivity contribution >= 4 is 62.1 Å². The summed E-state index contributed by atoms with van der Waals surface area (Å²) in [6.45, 7) is 0. The van der Waals surface area contributed by atoms with Crippen LogP contribution in [0.3, 0.4) is 0 Å². The summed E-state index contributed by atoms with van der Waals surface area (Å²) in [6.07, 6.45) is 2.46. The van der Waals surface area contributed by atoms with Gasteiger partial charge in [-0.1, -0.05) is 23.2 Å². The standard InChI is InChI=1S/C12H5Cl2NO2S/c13-6-1-2-8-7(5-6)11(12(14)18-8)15-9(16)3-4-10(15)17/h1-5H. The summed E-state index contributed by atoms with van der Waals surface area (Å²) >= 11 is 13.4. The van der Waals surface area contributed by atoms with Gasteiger partial charge in [-0.15, -0.1) is 11.3 Å². The van der Waals surface area contributed by atoms with Gasteiger partial charge in [0.15, 0.2) is 0 Å². The minimum absolute atomic E-state index is 0.387. The van der Waals surface area contributed by atoms with Gasteiger partial charge in [0.1, 0.15) is 4.34 Å². The van der Waals surface area contributed by atoms with E-state index in [1.807, 2.05) is 6.07 Å². The van der Waals surface area contributed by atoms with E-state index in [0.717, 1.165) is 9.60 Å². The third-order valence-corrected chi connectivity index (χ3v) is 4.21. The first-order valence-corrected chi connectivity index (χ1v) is 6.59. The third-order valence-electron chi connectivity index (χ3n) is 2.62. The molecule has 6 heteroatoms. The average molecular weight is 298 g/mol. The van der Waals surface area contributed by atoms with E-state index < -0.39 is 0 Å². The summed E-state index contributed by atoms with van der Waals surface area (Å²) in [7, 11) is 0. The molecule has 1 aliphatic rings. The Hall–Kier alpha value is -1.36. The van der Waals surface area contributed by atoms with Gasteiger partial charge in [-0.05, 0) is 18.2 Å². The summed E-state index contributed by atoms with van der Waals surface area (Å²) in [5, 5.41) is 1.24. The number of benzene rings is 1. The van der Waals surface area contributed by atoms with E-state index in [0.29, 0.717) is 20.4 Å². The van der Waals surface area contributed by atoms with Crippen LogP contribution in [0.2, 0.25) is 9.36 Å². The molecule has 2 heterocycles. The molecule has 0 radical (unpaired) electrons. The molecule has 0 saturated heterocycles. The van der Waals surface area contributed by atoms with Crippen LogP contribution in [-0.2, 0) is 9.59 Å². The maximum atomic E-state index is 11.7. The molecule has 0 bridgehead atoms. The first-order chi connectivity index (χ1) is 8.58. The predicted molar refractivity (Wildman–Crippen MR) is 73.5 cm³/mol. The van der Waals surface area contributed by atoms with Gasteiger partial charge in [0, 0.05) is 27.3 Å². The fourth-order valence-corrected chi connectivity index (χ4v) is 3.36. The Morgan fingerprint density at radius 3 is 2.39 bits per heavy atom. The minimum atomic E-state index is -0.387. The number of hydrogen-bond acceptors (Lipinski definition) is 3. The molecule has 0 unspecified atom stereocenters. The van der Waals surface area contributed by atoms with E-state index >= 15 is 0 Å². The van der Waals surface area contributed by atoms with Crippen molar-refractivity contribution in [2.45, 2.75) is 0 Å². The van der Waals surface area contributed by atoms with Gasteiger partial charge in [0.25, 0.3) is 11.8 Å². The van der Waals surface area contributed by atoms with Crippen molar-refractivity contribution < 1.29 is 9.59 Å². The molecule has 3 rings (SSSR count). The van der Waals surface area contributed by atoms with Gasteiger partial charge >= 0.3 is 0 Å². The van der Waals surface area contributed by atoms with Gasteiger partial charge in [0.05, 0.1) is 5.69 Å². The lowest BCUT2D eigenvalue weighted by atomic mass is 10.2. The zero-order valence-electron chi connectivity index (χ0n) is 8.81. The second-order valence-corrected chi connectivity index (χ2v) is 5.80. The monoisotopic (exact) mass is 297 g/mol. The number of amides is 2. The molecule has 0 spiro atoms. The summed E-state index contributed by atoms with van der Waals surface area (Å²) in [5.41, 5.74) is 0.416. The van der Waals surface area contributed by atoms with E-state index in [4.69, 9.17) is 23.2 Å². The van der Waals surface area contributed by atoms with E-state index in [9.17, 15) is 9.59 Å². The number of carbonyl (C=O) groups is 2. The van der Waals surface area contributed by atoms with Crippen LogP contribution in [0.25, 0.3) is 10.1 Å². The number of hydrogen-bond donors (Lipinski definition) is 0. The molecule has 0 saturated carbocycles. The van der Waals surface area contributed by atoms with Crippen LogP contribution in [0.1, 0.15) is 0 Å². The molecular weight excluding hydrogens is 293 g/mol. The van der Waals surface area contributed by atoms with Crippen molar-refractivity contribution in [3.63, 3.8) is 0 Å². The molecular formula is C12H5Cl2NO2S. The summed E-state index contributed by atoms with van der Waals surface area (Å²) in [5.74, 6) is -0.775. The maximum Gasteiger partial charge on any atom is 0.258 e. The van der Waals surface area contributed by atoms with Crippen LogP contribution in [-0.4, -0.2) is 11.8 Å². The Bertz CT molecular complexity index is 702. The number of nitrogens with zero attached hydrogens (tertiary/aromatic N) is 1. The number of imide groups is 1. The number of rotatable bonds is 1. The Morgan fingerprint density at radius 2 is 1.72 bits per heavy atom. The van der Waals surface area contributed by atoms with Crippen molar-refractivity contribution in [3.05, 3.63) is 39.7 Å². The van der Waals surface area contributed by atoms with Crippen molar-refractivity contribution in [1.29, 1.82) is 0 Å². The molecule has 0 aliphatic carbocycles. The van der Waals surface area contributed by atoms with Gasteiger partial charge in [-0.3, -0.25) is 9.59 Å². The van der Waals surface area contributed by atoms with E-state index in [2.05, 4.69) is 0 Å². The van der Waals surface area contributed by atoms with Crippen LogP contribution < -0.4 is 4.90 Å². The Labute approximate surface area is 116 Å². The van der Waals surface area contributed by atoms with E-state index in [-0.39, 0.29) is 11.8 Å². The highest BCUT2D eigenvalue weighted by Crippen LogP contribution is 2.43. The molecule has 3 nitrogen and oxygen atoms in total. The zero-order chi connectivity index (χ0) is 12.9. The second kappa shape index (κ2) is 4.09. The Morgan fingerprint density at radius 1 is 1.06 bits per heavy atom. The highest BCUT2D eigenvalue weighted by Gasteiger charge is 2.30. The average Bonchev–Trinajstić information content (AvgIpc) is 2.80. The smallest absolute Gasteiger partial charge is 0.258 e. The largest absolute Gasteiger partial charge is 0.269 e. The van der Waals surface area contributed by atoms with Crippen LogP contribution in [0.15, 0.2) is 30.4 Å². The molecule has 90 valence electrons. The first-order valence-electron chi connectivity index (χ1n) is 5.01. The second-order valence-electron chi connectivity index (χ2n) is 3.71. The SMILES string of the molecule is O=C1C=CC(=O)N1c1c(Cl)sc2ccc(Cl)cc12. The van der Waals surface area contributed by atoms with E-state index in [1.54, 1.807) is 12.1 Å². The summed E-state index contributed by atoms with van der Waals surface area (Å²) in [6, 6.07) is 5.26. The van der Waals surface area contributed by atoms with Gasteiger partial charge < -0.3 is 0 Å². The topological polar surface area (TPSA) is 37.4 Å². The van der Waals surface area contributed by atoms with Gasteiger partial charge in [-0.25, -0.2) is 4.90 Å². The van der Waals surface area contributed by atoms with E-state index in [1.165, 1.54) is 23.5 Å². The molecule has 1 aromatic carbocycles. The molecule has 0 N–H and O–H groups in total. The van der Waals surface area contributed by atoms with Gasteiger partial charge in [-0.2, -0.15) is 0 Å². The van der Waals surface area contributed by atoms with Gasteiger partial charge in [0.2, 0.25) is 0 Å². The lowest BCUT2D eigenvalue weighted by Gasteiger charge is -2.13. The number of halogens is 2. The first kappa shape index (κ1) is 11.7.